The van der Waals surface area contributed by atoms with Crippen LogP contribution in [0.5, 0.6) is 0 Å². The molecule has 1 N–H and O–H groups in total. The Kier molecular flexibility index (Phi) is 4.83. The lowest BCUT2D eigenvalue weighted by Crippen LogP contribution is -2.17. The number of anilines is 1. The van der Waals surface area contributed by atoms with E-state index in [2.05, 4.69) is 20.8 Å². The van der Waals surface area contributed by atoms with E-state index in [-0.39, 0.29) is 23.9 Å². The lowest BCUT2D eigenvalue weighted by Gasteiger charge is -2.04. The van der Waals surface area contributed by atoms with Crippen molar-refractivity contribution in [2.24, 2.45) is 7.05 Å². The molecular weight excluding hydrogens is 278 g/mol. The van der Waals surface area contributed by atoms with Gasteiger partial charge in [0.15, 0.2) is 5.78 Å². The quantitative estimate of drug-likeness (QED) is 0.628. The molecule has 0 saturated heterocycles. The molecule has 104 valence electrons. The number of thioether (sulfide) groups is 1. The molecular formula is C12H13N5O2S. The molecule has 1 aromatic carbocycles. The highest BCUT2D eigenvalue weighted by atomic mass is 32.2. The van der Waals surface area contributed by atoms with Crippen molar-refractivity contribution in [2.45, 2.75) is 11.6 Å². The molecule has 7 nitrogen and oxygen atoms in total. The number of hydrogen-bond donors (Lipinski definition) is 1. The Morgan fingerprint density at radius 2 is 2.05 bits per heavy atom. The van der Waals surface area contributed by atoms with E-state index in [1.54, 1.807) is 19.2 Å². The number of ketones is 1. The number of benzene rings is 1. The smallest absolute Gasteiger partial charge is 0.231 e. The standard InChI is InChI=1S/C12H13N5O2S/c1-17-12(14-15-16-17)20-8-10(18)7-11(19)13-9-5-3-2-4-6-9/h2-6H,7-8H2,1H3,(H,13,19). The molecule has 0 atom stereocenters. The van der Waals surface area contributed by atoms with E-state index < -0.39 is 0 Å². The van der Waals surface area contributed by atoms with Crippen molar-refractivity contribution in [3.8, 4) is 0 Å². The minimum atomic E-state index is -0.321. The summed E-state index contributed by atoms with van der Waals surface area (Å²) in [6, 6.07) is 9.01. The van der Waals surface area contributed by atoms with Gasteiger partial charge in [0.1, 0.15) is 0 Å². The van der Waals surface area contributed by atoms with E-state index in [0.29, 0.717) is 10.8 Å². The summed E-state index contributed by atoms with van der Waals surface area (Å²) in [6.45, 7) is 0. The van der Waals surface area contributed by atoms with Gasteiger partial charge in [0.05, 0.1) is 12.2 Å². The predicted molar refractivity (Wildman–Crippen MR) is 74.2 cm³/mol. The number of nitrogens with zero attached hydrogens (tertiary/aromatic N) is 4. The number of tetrazole rings is 1. The fraction of sp³-hybridized carbons (Fsp3) is 0.250. The van der Waals surface area contributed by atoms with Crippen molar-refractivity contribution in [3.63, 3.8) is 0 Å². The van der Waals surface area contributed by atoms with E-state index in [1.165, 1.54) is 16.4 Å². The third kappa shape index (κ3) is 4.16. The molecule has 0 aliphatic carbocycles. The zero-order valence-corrected chi connectivity index (χ0v) is 11.6. The van der Waals surface area contributed by atoms with E-state index >= 15 is 0 Å². The van der Waals surface area contributed by atoms with Gasteiger partial charge < -0.3 is 5.32 Å². The van der Waals surface area contributed by atoms with E-state index in [0.717, 1.165) is 0 Å². The van der Waals surface area contributed by atoms with Gasteiger partial charge >= 0.3 is 0 Å². The Morgan fingerprint density at radius 1 is 1.30 bits per heavy atom. The number of amides is 1. The van der Waals surface area contributed by atoms with Crippen LogP contribution in [0.25, 0.3) is 0 Å². The predicted octanol–water partition coefficient (Wildman–Crippen LogP) is 0.900. The maximum absolute atomic E-state index is 11.7. The Bertz CT molecular complexity index is 599. The van der Waals surface area contributed by atoms with Crippen molar-refractivity contribution < 1.29 is 9.59 Å². The van der Waals surface area contributed by atoms with Gasteiger partial charge in [-0.3, -0.25) is 9.59 Å². The second kappa shape index (κ2) is 6.80. The highest BCUT2D eigenvalue weighted by molar-refractivity contribution is 7.99. The molecule has 1 heterocycles. The minimum Gasteiger partial charge on any atom is -0.326 e. The molecule has 1 aromatic heterocycles. The average molecular weight is 291 g/mol. The molecule has 1 amide bonds. The number of nitrogens with one attached hydrogen (secondary N) is 1. The molecule has 0 saturated carbocycles. The van der Waals surface area contributed by atoms with Crippen LogP contribution in [0.3, 0.4) is 0 Å². The van der Waals surface area contributed by atoms with Crippen LogP contribution >= 0.6 is 11.8 Å². The molecule has 0 aliphatic heterocycles. The summed E-state index contributed by atoms with van der Waals surface area (Å²) in [4.78, 5) is 23.4. The minimum absolute atomic E-state index is 0.160. The maximum Gasteiger partial charge on any atom is 0.231 e. The SMILES string of the molecule is Cn1nnnc1SCC(=O)CC(=O)Nc1ccccc1. The van der Waals surface area contributed by atoms with Crippen molar-refractivity contribution in [3.05, 3.63) is 30.3 Å². The number of aromatic nitrogens is 4. The Balaban J connectivity index is 1.77. The van der Waals surface area contributed by atoms with Crippen LogP contribution in [0.2, 0.25) is 0 Å². The number of aryl methyl sites for hydroxylation is 1. The fourth-order valence-electron chi connectivity index (χ4n) is 1.45. The fourth-order valence-corrected chi connectivity index (χ4v) is 2.16. The summed E-state index contributed by atoms with van der Waals surface area (Å²) in [7, 11) is 1.69. The number of rotatable bonds is 6. The van der Waals surface area contributed by atoms with Gasteiger partial charge in [-0.25, -0.2) is 4.68 Å². The number of para-hydroxylation sites is 1. The maximum atomic E-state index is 11.7. The molecule has 2 rings (SSSR count). The summed E-state index contributed by atoms with van der Waals surface area (Å²) in [5.74, 6) is -0.333. The van der Waals surface area contributed by atoms with Crippen LogP contribution in [-0.2, 0) is 16.6 Å². The first kappa shape index (κ1) is 14.2. The number of carbonyl (C=O) groups is 2. The first-order valence-electron chi connectivity index (χ1n) is 5.87. The molecule has 0 bridgehead atoms. The summed E-state index contributed by atoms with van der Waals surface area (Å²) < 4.78 is 1.47. The van der Waals surface area contributed by atoms with Gasteiger partial charge in [0.2, 0.25) is 11.1 Å². The molecule has 0 unspecified atom stereocenters. The second-order valence-electron chi connectivity index (χ2n) is 4.00. The van der Waals surface area contributed by atoms with E-state index in [4.69, 9.17) is 0 Å². The van der Waals surface area contributed by atoms with Gasteiger partial charge in [-0.05, 0) is 22.6 Å². The van der Waals surface area contributed by atoms with Crippen LogP contribution in [0.1, 0.15) is 6.42 Å². The van der Waals surface area contributed by atoms with Crippen molar-refractivity contribution in [1.29, 1.82) is 0 Å². The van der Waals surface area contributed by atoms with Crippen molar-refractivity contribution in [1.82, 2.24) is 20.2 Å². The van der Waals surface area contributed by atoms with Gasteiger partial charge in [0.25, 0.3) is 0 Å². The van der Waals surface area contributed by atoms with E-state index in [9.17, 15) is 9.59 Å². The summed E-state index contributed by atoms with van der Waals surface area (Å²) in [5.41, 5.74) is 0.676. The van der Waals surface area contributed by atoms with Crippen LogP contribution in [0.4, 0.5) is 5.69 Å². The molecule has 0 aliphatic rings. The third-order valence-corrected chi connectivity index (χ3v) is 3.43. The summed E-state index contributed by atoms with van der Waals surface area (Å²) >= 11 is 1.21. The van der Waals surface area contributed by atoms with Gasteiger partial charge in [-0.2, -0.15) is 0 Å². The normalized spacial score (nSPS) is 10.2. The summed E-state index contributed by atoms with van der Waals surface area (Å²) in [6.07, 6.45) is -0.160. The second-order valence-corrected chi connectivity index (χ2v) is 4.95. The third-order valence-electron chi connectivity index (χ3n) is 2.36. The van der Waals surface area contributed by atoms with Crippen molar-refractivity contribution in [2.75, 3.05) is 11.1 Å². The van der Waals surface area contributed by atoms with Crippen LogP contribution in [0.15, 0.2) is 35.5 Å². The summed E-state index contributed by atoms with van der Waals surface area (Å²) in [5, 5.41) is 14.1. The zero-order valence-electron chi connectivity index (χ0n) is 10.8. The van der Waals surface area contributed by atoms with Gasteiger partial charge in [0, 0.05) is 12.7 Å². The monoisotopic (exact) mass is 291 g/mol. The Morgan fingerprint density at radius 3 is 2.70 bits per heavy atom. The average Bonchev–Trinajstić information content (AvgIpc) is 2.83. The molecule has 0 fully saturated rings. The number of hydrogen-bond acceptors (Lipinski definition) is 6. The first-order chi connectivity index (χ1) is 9.65. The Hall–Kier alpha value is -2.22. The molecule has 2 aromatic rings. The van der Waals surface area contributed by atoms with Crippen LogP contribution in [-0.4, -0.2) is 37.7 Å². The lowest BCUT2D eigenvalue weighted by atomic mass is 10.2. The van der Waals surface area contributed by atoms with E-state index in [1.807, 2.05) is 18.2 Å². The first-order valence-corrected chi connectivity index (χ1v) is 6.85. The highest BCUT2D eigenvalue weighted by Crippen LogP contribution is 2.13. The number of carbonyl (C=O) groups excluding carboxylic acids is 2. The lowest BCUT2D eigenvalue weighted by molar-refractivity contribution is -0.123. The Labute approximate surface area is 119 Å². The molecule has 0 spiro atoms. The van der Waals surface area contributed by atoms with Crippen molar-refractivity contribution >= 4 is 29.1 Å². The van der Waals surface area contributed by atoms with Gasteiger partial charge in [-0.1, -0.05) is 30.0 Å². The molecule has 0 radical (unpaired) electrons. The van der Waals surface area contributed by atoms with Crippen LogP contribution < -0.4 is 5.32 Å². The van der Waals surface area contributed by atoms with Gasteiger partial charge in [-0.15, -0.1) is 5.10 Å². The molecule has 8 heteroatoms. The number of Topliss-reactive ketones (excluding diaryl/α,β-unsaturated/α-hetero) is 1. The zero-order chi connectivity index (χ0) is 14.4. The topological polar surface area (TPSA) is 89.8 Å². The highest BCUT2D eigenvalue weighted by Gasteiger charge is 2.12. The van der Waals surface area contributed by atoms with Crippen LogP contribution in [0, 0.1) is 0 Å². The molecule has 20 heavy (non-hydrogen) atoms. The largest absolute Gasteiger partial charge is 0.326 e.